The lowest BCUT2D eigenvalue weighted by molar-refractivity contribution is -0.127. The zero-order valence-electron chi connectivity index (χ0n) is 11.0. The molecule has 0 aromatic rings. The van der Waals surface area contributed by atoms with E-state index in [9.17, 15) is 9.00 Å². The maximum absolute atomic E-state index is 12.0. The molecule has 17 heavy (non-hydrogen) atoms. The second kappa shape index (κ2) is 6.50. The van der Waals surface area contributed by atoms with Crippen LogP contribution < -0.4 is 10.6 Å². The molecule has 0 radical (unpaired) electrons. The van der Waals surface area contributed by atoms with Gasteiger partial charge in [0.1, 0.15) is 0 Å². The Balaban J connectivity index is 2.31. The molecule has 3 unspecified atom stereocenters. The van der Waals surface area contributed by atoms with Gasteiger partial charge in [-0.15, -0.1) is 0 Å². The molecule has 2 N–H and O–H groups in total. The monoisotopic (exact) mass is 260 g/mol. The third-order valence-electron chi connectivity index (χ3n) is 3.52. The Kier molecular flexibility index (Phi) is 5.59. The van der Waals surface area contributed by atoms with Gasteiger partial charge in [0.2, 0.25) is 5.91 Å². The van der Waals surface area contributed by atoms with E-state index < -0.39 is 16.3 Å². The van der Waals surface area contributed by atoms with E-state index >= 15 is 0 Å². The van der Waals surface area contributed by atoms with Crippen LogP contribution in [0.15, 0.2) is 0 Å². The normalized spacial score (nSPS) is 28.4. The Hall–Kier alpha value is -0.420. The van der Waals surface area contributed by atoms with E-state index in [1.165, 1.54) is 0 Å². The highest BCUT2D eigenvalue weighted by Crippen LogP contribution is 2.18. The summed E-state index contributed by atoms with van der Waals surface area (Å²) in [5.41, 5.74) is -0.410. The number of rotatable bonds is 5. The largest absolute Gasteiger partial charge is 0.354 e. The van der Waals surface area contributed by atoms with Crippen molar-refractivity contribution in [3.05, 3.63) is 0 Å². The molecule has 100 valence electrons. The molecule has 1 saturated heterocycles. The molecule has 0 aromatic carbocycles. The summed E-state index contributed by atoms with van der Waals surface area (Å²) in [6, 6.07) is 0. The summed E-state index contributed by atoms with van der Waals surface area (Å²) in [5, 5.41) is 6.37. The molecule has 1 aliphatic rings. The highest BCUT2D eigenvalue weighted by molar-refractivity contribution is 7.84. The fraction of sp³-hybridized carbons (Fsp3) is 0.917. The quantitative estimate of drug-likeness (QED) is 0.768. The molecule has 1 aliphatic heterocycles. The Bertz CT molecular complexity index is 288. The molecule has 0 aromatic heterocycles. The number of amides is 1. The van der Waals surface area contributed by atoms with Gasteiger partial charge in [-0.25, -0.2) is 0 Å². The fourth-order valence-electron chi connectivity index (χ4n) is 2.00. The van der Waals surface area contributed by atoms with Crippen molar-refractivity contribution in [2.24, 2.45) is 0 Å². The minimum atomic E-state index is -0.807. The van der Waals surface area contributed by atoms with Gasteiger partial charge < -0.3 is 10.6 Å². The third kappa shape index (κ3) is 4.39. The molecule has 1 rings (SSSR count). The molecule has 4 nitrogen and oxygen atoms in total. The average molecular weight is 260 g/mol. The summed E-state index contributed by atoms with van der Waals surface area (Å²) < 4.78 is 11.2. The Labute approximate surface area is 106 Å². The van der Waals surface area contributed by atoms with Gasteiger partial charge in [-0.1, -0.05) is 6.92 Å². The SMILES string of the molecule is CC(CCNC(=O)C1(C)CCCCN1)S(C)=O. The Morgan fingerprint density at radius 1 is 1.53 bits per heavy atom. The average Bonchev–Trinajstić information content (AvgIpc) is 2.29. The second-order valence-electron chi connectivity index (χ2n) is 5.07. The molecule has 0 bridgehead atoms. The highest BCUT2D eigenvalue weighted by atomic mass is 32.2. The van der Waals surface area contributed by atoms with E-state index in [-0.39, 0.29) is 11.2 Å². The van der Waals surface area contributed by atoms with E-state index in [4.69, 9.17) is 0 Å². The number of hydrogen-bond donors (Lipinski definition) is 2. The van der Waals surface area contributed by atoms with Gasteiger partial charge >= 0.3 is 0 Å². The number of carbonyl (C=O) groups excluding carboxylic acids is 1. The molecule has 3 atom stereocenters. The maximum Gasteiger partial charge on any atom is 0.240 e. The maximum atomic E-state index is 12.0. The van der Waals surface area contributed by atoms with Gasteiger partial charge in [0.15, 0.2) is 0 Å². The second-order valence-corrected chi connectivity index (χ2v) is 6.87. The smallest absolute Gasteiger partial charge is 0.240 e. The van der Waals surface area contributed by atoms with E-state index in [0.717, 1.165) is 32.2 Å². The highest BCUT2D eigenvalue weighted by Gasteiger charge is 2.33. The van der Waals surface area contributed by atoms with Crippen LogP contribution in [0.3, 0.4) is 0 Å². The van der Waals surface area contributed by atoms with Gasteiger partial charge in [0, 0.05) is 28.9 Å². The van der Waals surface area contributed by atoms with E-state index in [1.807, 2.05) is 13.8 Å². The van der Waals surface area contributed by atoms with E-state index in [0.29, 0.717) is 6.54 Å². The van der Waals surface area contributed by atoms with Crippen LogP contribution in [0, 0.1) is 0 Å². The number of hydrogen-bond acceptors (Lipinski definition) is 3. The lowest BCUT2D eigenvalue weighted by atomic mass is 9.90. The molecule has 5 heteroatoms. The van der Waals surface area contributed by atoms with Crippen molar-refractivity contribution in [3.8, 4) is 0 Å². The first-order chi connectivity index (χ1) is 7.96. The topological polar surface area (TPSA) is 58.2 Å². The van der Waals surface area contributed by atoms with Gasteiger partial charge in [-0.3, -0.25) is 9.00 Å². The zero-order valence-corrected chi connectivity index (χ0v) is 11.9. The summed E-state index contributed by atoms with van der Waals surface area (Å²) >= 11 is 0. The summed E-state index contributed by atoms with van der Waals surface area (Å²) in [4.78, 5) is 12.0. The van der Waals surface area contributed by atoms with Crippen LogP contribution in [-0.2, 0) is 15.6 Å². The predicted octanol–water partition coefficient (Wildman–Crippen LogP) is 0.792. The van der Waals surface area contributed by atoms with Crippen molar-refractivity contribution < 1.29 is 9.00 Å². The van der Waals surface area contributed by atoms with Gasteiger partial charge in [0.05, 0.1) is 5.54 Å². The lowest BCUT2D eigenvalue weighted by Crippen LogP contribution is -2.57. The van der Waals surface area contributed by atoms with E-state index in [1.54, 1.807) is 6.26 Å². The molecule has 0 spiro atoms. The number of piperidine rings is 1. The minimum Gasteiger partial charge on any atom is -0.354 e. The predicted molar refractivity (Wildman–Crippen MR) is 71.4 cm³/mol. The molecule has 0 saturated carbocycles. The minimum absolute atomic E-state index is 0.0753. The van der Waals surface area contributed by atoms with Gasteiger partial charge in [-0.2, -0.15) is 0 Å². The van der Waals surface area contributed by atoms with Crippen LogP contribution >= 0.6 is 0 Å². The van der Waals surface area contributed by atoms with Crippen LogP contribution in [0.25, 0.3) is 0 Å². The Morgan fingerprint density at radius 3 is 2.76 bits per heavy atom. The molecule has 1 fully saturated rings. The van der Waals surface area contributed by atoms with Crippen LogP contribution in [0.1, 0.15) is 39.5 Å². The van der Waals surface area contributed by atoms with Crippen LogP contribution in [-0.4, -0.2) is 40.3 Å². The van der Waals surface area contributed by atoms with Crippen molar-refractivity contribution in [3.63, 3.8) is 0 Å². The molecule has 0 aliphatic carbocycles. The van der Waals surface area contributed by atoms with Crippen LogP contribution in [0.5, 0.6) is 0 Å². The summed E-state index contributed by atoms with van der Waals surface area (Å²) in [7, 11) is -0.807. The van der Waals surface area contributed by atoms with E-state index in [2.05, 4.69) is 10.6 Å². The summed E-state index contributed by atoms with van der Waals surface area (Å²) in [6.45, 7) is 5.43. The van der Waals surface area contributed by atoms with Crippen molar-refractivity contribution in [1.29, 1.82) is 0 Å². The van der Waals surface area contributed by atoms with Crippen LogP contribution in [0.4, 0.5) is 0 Å². The standard InChI is InChI=1S/C12H24N2O2S/c1-10(17(3)16)6-9-13-11(15)12(2)7-4-5-8-14-12/h10,14H,4-9H2,1-3H3,(H,13,15). The summed E-state index contributed by atoms with van der Waals surface area (Å²) in [5.74, 6) is 0.0753. The number of nitrogens with one attached hydrogen (secondary N) is 2. The molecule has 1 amide bonds. The first kappa shape index (κ1) is 14.6. The van der Waals surface area contributed by atoms with Gasteiger partial charge in [0.25, 0.3) is 0 Å². The van der Waals surface area contributed by atoms with Crippen molar-refractivity contribution in [1.82, 2.24) is 10.6 Å². The Morgan fingerprint density at radius 2 is 2.24 bits per heavy atom. The zero-order chi connectivity index (χ0) is 12.9. The molecule has 1 heterocycles. The third-order valence-corrected chi connectivity index (χ3v) is 4.89. The first-order valence-corrected chi connectivity index (χ1v) is 7.93. The number of carbonyl (C=O) groups is 1. The molecular weight excluding hydrogens is 236 g/mol. The summed E-state index contributed by atoms with van der Waals surface area (Å²) in [6.07, 6.45) is 5.62. The van der Waals surface area contributed by atoms with Crippen molar-refractivity contribution in [2.75, 3.05) is 19.3 Å². The van der Waals surface area contributed by atoms with Gasteiger partial charge in [-0.05, 0) is 39.2 Å². The van der Waals surface area contributed by atoms with Crippen molar-refractivity contribution >= 4 is 16.7 Å². The fourth-order valence-corrected chi connectivity index (χ4v) is 2.45. The first-order valence-electron chi connectivity index (χ1n) is 6.31. The van der Waals surface area contributed by atoms with Crippen LogP contribution in [0.2, 0.25) is 0 Å². The lowest BCUT2D eigenvalue weighted by Gasteiger charge is -2.33. The molecular formula is C12H24N2O2S. The van der Waals surface area contributed by atoms with Crippen molar-refractivity contribution in [2.45, 2.75) is 50.3 Å².